The molecule has 0 heterocycles. The molecule has 0 radical (unpaired) electrons. The summed E-state index contributed by atoms with van der Waals surface area (Å²) in [6, 6.07) is 13.2. The molecule has 2 aromatic carbocycles. The molecule has 1 N–H and O–H groups in total. The summed E-state index contributed by atoms with van der Waals surface area (Å²) in [7, 11) is -3.77. The normalized spacial score (nSPS) is 11.3. The molecule has 0 amide bonds. The first-order valence-corrected chi connectivity index (χ1v) is 7.78. The molecule has 0 spiro atoms. The number of para-hydroxylation sites is 1. The quantitative estimate of drug-likeness (QED) is 0.942. The first-order chi connectivity index (χ1) is 9.46. The SMILES string of the molecule is CCN(c1cccc(C)c1)S(=O)(=O)c1ccccc1O. The molecular weight excluding hydrogens is 274 g/mol. The molecule has 2 rings (SSSR count). The smallest absolute Gasteiger partial charge is 0.267 e. The van der Waals surface area contributed by atoms with Gasteiger partial charge >= 0.3 is 0 Å². The Morgan fingerprint density at radius 1 is 1.10 bits per heavy atom. The lowest BCUT2D eigenvalue weighted by Crippen LogP contribution is -2.30. The number of rotatable bonds is 4. The molecule has 0 atom stereocenters. The van der Waals surface area contributed by atoms with E-state index in [0.717, 1.165) is 5.56 Å². The number of benzene rings is 2. The number of hydrogen-bond acceptors (Lipinski definition) is 3. The summed E-state index contributed by atoms with van der Waals surface area (Å²) in [5.74, 6) is -0.237. The molecule has 0 bridgehead atoms. The number of hydrogen-bond donors (Lipinski definition) is 1. The van der Waals surface area contributed by atoms with Gasteiger partial charge in [0.1, 0.15) is 10.6 Å². The van der Waals surface area contributed by atoms with Gasteiger partial charge in [-0.3, -0.25) is 4.31 Å². The maximum atomic E-state index is 12.7. The molecule has 0 aliphatic heterocycles. The van der Waals surface area contributed by atoms with Crippen molar-refractivity contribution in [1.29, 1.82) is 0 Å². The Balaban J connectivity index is 2.54. The minimum Gasteiger partial charge on any atom is -0.507 e. The predicted octanol–water partition coefficient (Wildman–Crippen LogP) is 2.92. The number of nitrogens with zero attached hydrogens (tertiary/aromatic N) is 1. The van der Waals surface area contributed by atoms with Crippen molar-refractivity contribution in [1.82, 2.24) is 0 Å². The highest BCUT2D eigenvalue weighted by Crippen LogP contribution is 2.29. The summed E-state index contributed by atoms with van der Waals surface area (Å²) in [5, 5.41) is 9.79. The highest BCUT2D eigenvalue weighted by molar-refractivity contribution is 7.93. The third-order valence-electron chi connectivity index (χ3n) is 3.01. The summed E-state index contributed by atoms with van der Waals surface area (Å²) in [6.07, 6.45) is 0. The van der Waals surface area contributed by atoms with Crippen molar-refractivity contribution >= 4 is 15.7 Å². The highest BCUT2D eigenvalue weighted by atomic mass is 32.2. The maximum Gasteiger partial charge on any atom is 0.267 e. The van der Waals surface area contributed by atoms with Crippen molar-refractivity contribution in [2.24, 2.45) is 0 Å². The van der Waals surface area contributed by atoms with Crippen LogP contribution in [0.3, 0.4) is 0 Å². The van der Waals surface area contributed by atoms with Crippen LogP contribution in [0, 0.1) is 6.92 Å². The predicted molar refractivity (Wildman–Crippen MR) is 79.5 cm³/mol. The van der Waals surface area contributed by atoms with Crippen molar-refractivity contribution < 1.29 is 13.5 Å². The van der Waals surface area contributed by atoms with Gasteiger partial charge in [-0.1, -0.05) is 24.3 Å². The largest absolute Gasteiger partial charge is 0.507 e. The minimum absolute atomic E-state index is 0.0802. The first-order valence-electron chi connectivity index (χ1n) is 6.34. The maximum absolute atomic E-state index is 12.7. The zero-order valence-electron chi connectivity index (χ0n) is 11.4. The first kappa shape index (κ1) is 14.4. The van der Waals surface area contributed by atoms with Crippen molar-refractivity contribution in [3.63, 3.8) is 0 Å². The second-order valence-corrected chi connectivity index (χ2v) is 6.31. The third-order valence-corrected chi connectivity index (χ3v) is 4.96. The van der Waals surface area contributed by atoms with Gasteiger partial charge in [0.05, 0.1) is 5.69 Å². The van der Waals surface area contributed by atoms with Crippen LogP contribution < -0.4 is 4.31 Å². The molecule has 106 valence electrons. The summed E-state index contributed by atoms with van der Waals surface area (Å²) < 4.78 is 26.6. The van der Waals surface area contributed by atoms with E-state index in [2.05, 4.69) is 0 Å². The molecule has 5 heteroatoms. The van der Waals surface area contributed by atoms with Gasteiger partial charge in [0.25, 0.3) is 10.0 Å². The molecule has 0 unspecified atom stereocenters. The lowest BCUT2D eigenvalue weighted by Gasteiger charge is -2.23. The lowest BCUT2D eigenvalue weighted by atomic mass is 10.2. The second kappa shape index (κ2) is 5.54. The van der Waals surface area contributed by atoms with Crippen molar-refractivity contribution in [3.8, 4) is 5.75 Å². The van der Waals surface area contributed by atoms with Crippen LogP contribution in [-0.2, 0) is 10.0 Å². The van der Waals surface area contributed by atoms with E-state index in [1.54, 1.807) is 31.2 Å². The fourth-order valence-corrected chi connectivity index (χ4v) is 3.62. The van der Waals surface area contributed by atoms with Gasteiger partial charge in [0.2, 0.25) is 0 Å². The van der Waals surface area contributed by atoms with Crippen LogP contribution in [0.1, 0.15) is 12.5 Å². The van der Waals surface area contributed by atoms with Gasteiger partial charge in [-0.2, -0.15) is 0 Å². The summed E-state index contributed by atoms with van der Waals surface area (Å²) in [5.41, 5.74) is 1.57. The summed E-state index contributed by atoms with van der Waals surface area (Å²) in [6.45, 7) is 3.96. The number of anilines is 1. The van der Waals surface area contributed by atoms with Crippen LogP contribution in [-0.4, -0.2) is 20.1 Å². The van der Waals surface area contributed by atoms with Crippen molar-refractivity contribution in [2.75, 3.05) is 10.8 Å². The molecule has 0 fully saturated rings. The monoisotopic (exact) mass is 291 g/mol. The summed E-state index contributed by atoms with van der Waals surface area (Å²) >= 11 is 0. The number of aromatic hydroxyl groups is 1. The minimum atomic E-state index is -3.77. The van der Waals surface area contributed by atoms with Crippen LogP contribution in [0.5, 0.6) is 5.75 Å². The van der Waals surface area contributed by atoms with Crippen molar-refractivity contribution in [2.45, 2.75) is 18.7 Å². The summed E-state index contributed by atoms with van der Waals surface area (Å²) in [4.78, 5) is -0.0802. The molecule has 4 nitrogen and oxygen atoms in total. The number of aryl methyl sites for hydroxylation is 1. The molecule has 2 aromatic rings. The van der Waals surface area contributed by atoms with E-state index in [0.29, 0.717) is 12.2 Å². The molecule has 20 heavy (non-hydrogen) atoms. The molecule has 0 aromatic heterocycles. The second-order valence-electron chi connectivity index (χ2n) is 4.48. The molecule has 0 saturated carbocycles. The van der Waals surface area contributed by atoms with E-state index in [-0.39, 0.29) is 10.6 Å². The van der Waals surface area contributed by atoms with Crippen LogP contribution in [0.2, 0.25) is 0 Å². The Morgan fingerprint density at radius 3 is 2.40 bits per heavy atom. The van der Waals surface area contributed by atoms with Gasteiger partial charge in [-0.15, -0.1) is 0 Å². The Morgan fingerprint density at radius 2 is 1.80 bits per heavy atom. The Kier molecular flexibility index (Phi) is 3.99. The van der Waals surface area contributed by atoms with E-state index in [4.69, 9.17) is 0 Å². The average molecular weight is 291 g/mol. The van der Waals surface area contributed by atoms with E-state index >= 15 is 0 Å². The number of phenols is 1. The molecule has 0 aliphatic rings. The topological polar surface area (TPSA) is 57.6 Å². The average Bonchev–Trinajstić information content (AvgIpc) is 2.39. The van der Waals surface area contributed by atoms with Gasteiger partial charge in [0.15, 0.2) is 0 Å². The Bertz CT molecular complexity index is 711. The molecule has 0 aliphatic carbocycles. The number of sulfonamides is 1. The van der Waals surface area contributed by atoms with Crippen LogP contribution in [0.25, 0.3) is 0 Å². The molecule has 0 saturated heterocycles. The fraction of sp³-hybridized carbons (Fsp3) is 0.200. The van der Waals surface area contributed by atoms with E-state index in [1.807, 2.05) is 19.1 Å². The van der Waals surface area contributed by atoms with Gasteiger partial charge in [-0.05, 0) is 43.7 Å². The van der Waals surface area contributed by atoms with Crippen LogP contribution in [0.15, 0.2) is 53.4 Å². The molecular formula is C15H17NO3S. The van der Waals surface area contributed by atoms with Gasteiger partial charge < -0.3 is 5.11 Å². The van der Waals surface area contributed by atoms with Gasteiger partial charge in [0, 0.05) is 6.54 Å². The van der Waals surface area contributed by atoms with E-state index in [9.17, 15) is 13.5 Å². The third kappa shape index (κ3) is 2.63. The van der Waals surface area contributed by atoms with E-state index in [1.165, 1.54) is 16.4 Å². The van der Waals surface area contributed by atoms with Crippen molar-refractivity contribution in [3.05, 3.63) is 54.1 Å². The van der Waals surface area contributed by atoms with Crippen LogP contribution in [0.4, 0.5) is 5.69 Å². The number of phenolic OH excluding ortho intramolecular Hbond substituents is 1. The zero-order chi connectivity index (χ0) is 14.8. The Labute approximate surface area is 119 Å². The van der Waals surface area contributed by atoms with E-state index < -0.39 is 10.0 Å². The van der Waals surface area contributed by atoms with Gasteiger partial charge in [-0.25, -0.2) is 8.42 Å². The Hall–Kier alpha value is -2.01. The van der Waals surface area contributed by atoms with Crippen LogP contribution >= 0.6 is 0 Å². The standard InChI is InChI=1S/C15H17NO3S/c1-3-16(13-8-6-7-12(2)11-13)20(18,19)15-10-5-4-9-14(15)17/h4-11,17H,3H2,1-2H3. The fourth-order valence-electron chi connectivity index (χ4n) is 2.07. The zero-order valence-corrected chi connectivity index (χ0v) is 12.3. The highest BCUT2D eigenvalue weighted by Gasteiger charge is 2.26. The lowest BCUT2D eigenvalue weighted by molar-refractivity contribution is 0.458.